The molecule has 1 unspecified atom stereocenters. The number of hydrogen-bond donors (Lipinski definition) is 2. The van der Waals surface area contributed by atoms with Crippen molar-refractivity contribution in [1.29, 1.82) is 0 Å². The molecule has 2 N–H and O–H groups in total. The third-order valence-electron chi connectivity index (χ3n) is 5.88. The highest BCUT2D eigenvalue weighted by Crippen LogP contribution is 2.29. The number of aromatic nitrogens is 3. The number of fused-ring (bicyclic) bond motifs is 2. The molecule has 0 bridgehead atoms. The van der Waals surface area contributed by atoms with E-state index in [1.54, 1.807) is 13.1 Å². The van der Waals surface area contributed by atoms with Crippen LogP contribution in [0.4, 0.5) is 5.82 Å². The number of benzene rings is 1. The highest BCUT2D eigenvalue weighted by atomic mass is 16.5. The Labute approximate surface area is 181 Å². The second-order valence-corrected chi connectivity index (χ2v) is 8.05. The highest BCUT2D eigenvalue weighted by Gasteiger charge is 2.22. The molecule has 7 nitrogen and oxygen atoms in total. The predicted molar refractivity (Wildman–Crippen MR) is 118 cm³/mol. The van der Waals surface area contributed by atoms with Crippen molar-refractivity contribution in [2.45, 2.75) is 51.6 Å². The van der Waals surface area contributed by atoms with Gasteiger partial charge in [0.25, 0.3) is 5.91 Å². The molecule has 0 fully saturated rings. The number of pyridine rings is 1. The smallest absolute Gasteiger partial charge is 0.279 e. The van der Waals surface area contributed by atoms with Gasteiger partial charge in [0.15, 0.2) is 17.7 Å². The first kappa shape index (κ1) is 19.5. The van der Waals surface area contributed by atoms with Gasteiger partial charge in [-0.3, -0.25) is 20.6 Å². The van der Waals surface area contributed by atoms with Crippen LogP contribution in [0.3, 0.4) is 0 Å². The van der Waals surface area contributed by atoms with Crippen LogP contribution in [-0.2, 0) is 30.5 Å². The fourth-order valence-electron chi connectivity index (χ4n) is 4.25. The van der Waals surface area contributed by atoms with Gasteiger partial charge in [-0.05, 0) is 80.8 Å². The topological polar surface area (TPSA) is 89.0 Å². The SMILES string of the molecule is CC(Oc1ccc2c(c1)CCC2)C(=O)NNc1nc(-c2ccccn2)nc2c1CCC2. The summed E-state index contributed by atoms with van der Waals surface area (Å²) in [4.78, 5) is 26.3. The van der Waals surface area contributed by atoms with E-state index >= 15 is 0 Å². The standard InChI is InChI=1S/C24H25N5O2/c1-15(31-18-12-11-16-6-4-7-17(16)14-18)24(30)29-28-22-19-8-5-10-20(19)26-23(27-22)21-9-2-3-13-25-21/h2-3,9,11-15H,4-8,10H2,1H3,(H,29,30)(H,26,27,28). The van der Waals surface area contributed by atoms with Gasteiger partial charge in [0.1, 0.15) is 11.4 Å². The van der Waals surface area contributed by atoms with Crippen molar-refractivity contribution in [1.82, 2.24) is 20.4 Å². The molecule has 1 aromatic carbocycles. The minimum Gasteiger partial charge on any atom is -0.481 e. The largest absolute Gasteiger partial charge is 0.481 e. The molecule has 0 saturated carbocycles. The van der Waals surface area contributed by atoms with Gasteiger partial charge < -0.3 is 4.74 Å². The van der Waals surface area contributed by atoms with Gasteiger partial charge in [-0.15, -0.1) is 0 Å². The molecule has 3 aromatic rings. The Hall–Kier alpha value is -3.48. The van der Waals surface area contributed by atoms with Crippen LogP contribution in [0.15, 0.2) is 42.6 Å². The zero-order chi connectivity index (χ0) is 21.2. The second kappa shape index (κ2) is 8.34. The van der Waals surface area contributed by atoms with Gasteiger partial charge in [0.05, 0.1) is 0 Å². The lowest BCUT2D eigenvalue weighted by molar-refractivity contribution is -0.126. The number of hydrazine groups is 1. The Kier molecular flexibility index (Phi) is 5.24. The average Bonchev–Trinajstić information content (AvgIpc) is 3.46. The van der Waals surface area contributed by atoms with Crippen molar-refractivity contribution in [3.63, 3.8) is 0 Å². The summed E-state index contributed by atoms with van der Waals surface area (Å²) in [7, 11) is 0. The maximum absolute atomic E-state index is 12.7. The lowest BCUT2D eigenvalue weighted by Crippen LogP contribution is -2.40. The molecule has 0 radical (unpaired) electrons. The van der Waals surface area contributed by atoms with Gasteiger partial charge in [-0.25, -0.2) is 9.97 Å². The molecule has 2 heterocycles. The number of rotatable bonds is 6. The molecular weight excluding hydrogens is 390 g/mol. The van der Waals surface area contributed by atoms with Crippen LogP contribution in [0.1, 0.15) is 42.1 Å². The molecule has 1 amide bonds. The van der Waals surface area contributed by atoms with Crippen molar-refractivity contribution < 1.29 is 9.53 Å². The molecule has 1 atom stereocenters. The summed E-state index contributed by atoms with van der Waals surface area (Å²) in [5, 5.41) is 0. The van der Waals surface area contributed by atoms with Crippen LogP contribution < -0.4 is 15.6 Å². The van der Waals surface area contributed by atoms with Gasteiger partial charge in [-0.1, -0.05) is 12.1 Å². The molecule has 2 aliphatic rings. The Balaban J connectivity index is 1.28. The molecule has 0 saturated heterocycles. The van der Waals surface area contributed by atoms with Crippen molar-refractivity contribution in [2.24, 2.45) is 0 Å². The molecule has 0 aliphatic heterocycles. The maximum atomic E-state index is 12.7. The van der Waals surface area contributed by atoms with E-state index in [0.29, 0.717) is 17.3 Å². The maximum Gasteiger partial charge on any atom is 0.279 e. The number of carbonyl (C=O) groups excluding carboxylic acids is 1. The summed E-state index contributed by atoms with van der Waals surface area (Å²) < 4.78 is 5.88. The Morgan fingerprint density at radius 1 is 1.03 bits per heavy atom. The zero-order valence-corrected chi connectivity index (χ0v) is 17.5. The Morgan fingerprint density at radius 3 is 2.77 bits per heavy atom. The highest BCUT2D eigenvalue weighted by molar-refractivity contribution is 5.82. The zero-order valence-electron chi connectivity index (χ0n) is 17.5. The van der Waals surface area contributed by atoms with Crippen molar-refractivity contribution in [2.75, 3.05) is 5.43 Å². The number of carbonyl (C=O) groups is 1. The number of ether oxygens (including phenoxy) is 1. The van der Waals surface area contributed by atoms with E-state index in [0.717, 1.165) is 49.1 Å². The molecular formula is C24H25N5O2. The summed E-state index contributed by atoms with van der Waals surface area (Å²) >= 11 is 0. The first-order chi connectivity index (χ1) is 15.2. The quantitative estimate of drug-likeness (QED) is 0.600. The minimum absolute atomic E-state index is 0.259. The van der Waals surface area contributed by atoms with Gasteiger partial charge in [0.2, 0.25) is 0 Å². The monoisotopic (exact) mass is 415 g/mol. The lowest BCUT2D eigenvalue weighted by atomic mass is 10.1. The fourth-order valence-corrected chi connectivity index (χ4v) is 4.25. The Morgan fingerprint density at radius 2 is 1.90 bits per heavy atom. The molecule has 31 heavy (non-hydrogen) atoms. The molecule has 5 rings (SSSR count). The van der Waals surface area contributed by atoms with E-state index < -0.39 is 6.10 Å². The van der Waals surface area contributed by atoms with Crippen LogP contribution in [0.2, 0.25) is 0 Å². The first-order valence-corrected chi connectivity index (χ1v) is 10.8. The number of hydrogen-bond acceptors (Lipinski definition) is 6. The third-order valence-corrected chi connectivity index (χ3v) is 5.88. The van der Waals surface area contributed by atoms with Crippen LogP contribution in [0.25, 0.3) is 11.5 Å². The number of amides is 1. The van der Waals surface area contributed by atoms with E-state index in [2.05, 4.69) is 37.9 Å². The number of nitrogens with zero attached hydrogens (tertiary/aromatic N) is 3. The van der Waals surface area contributed by atoms with Gasteiger partial charge >= 0.3 is 0 Å². The van der Waals surface area contributed by atoms with E-state index in [1.807, 2.05) is 24.3 Å². The summed E-state index contributed by atoms with van der Waals surface area (Å²) in [6.45, 7) is 1.74. The summed E-state index contributed by atoms with van der Waals surface area (Å²) in [5.74, 6) is 1.65. The van der Waals surface area contributed by atoms with Gasteiger partial charge in [-0.2, -0.15) is 0 Å². The summed E-state index contributed by atoms with van der Waals surface area (Å²) in [6, 6.07) is 11.7. The molecule has 158 valence electrons. The fraction of sp³-hybridized carbons (Fsp3) is 0.333. The summed E-state index contributed by atoms with van der Waals surface area (Å²) in [6.07, 6.45) is 7.27. The number of anilines is 1. The summed E-state index contributed by atoms with van der Waals surface area (Å²) in [5.41, 5.74) is 11.2. The van der Waals surface area contributed by atoms with E-state index in [9.17, 15) is 4.79 Å². The molecule has 2 aliphatic carbocycles. The normalized spacial score (nSPS) is 15.1. The van der Waals surface area contributed by atoms with E-state index in [-0.39, 0.29) is 5.91 Å². The van der Waals surface area contributed by atoms with Crippen LogP contribution in [0, 0.1) is 0 Å². The molecule has 0 spiro atoms. The van der Waals surface area contributed by atoms with Crippen LogP contribution >= 0.6 is 0 Å². The van der Waals surface area contributed by atoms with Gasteiger partial charge in [0, 0.05) is 17.5 Å². The third kappa shape index (κ3) is 4.08. The number of nitrogens with one attached hydrogen (secondary N) is 2. The Bertz CT molecular complexity index is 1120. The lowest BCUT2D eigenvalue weighted by Gasteiger charge is -2.17. The molecule has 7 heteroatoms. The average molecular weight is 415 g/mol. The van der Waals surface area contributed by atoms with Crippen molar-refractivity contribution in [3.05, 3.63) is 65.0 Å². The molecule has 2 aromatic heterocycles. The van der Waals surface area contributed by atoms with Crippen LogP contribution in [-0.4, -0.2) is 27.0 Å². The minimum atomic E-state index is -0.642. The van der Waals surface area contributed by atoms with Crippen molar-refractivity contribution >= 4 is 11.7 Å². The van der Waals surface area contributed by atoms with E-state index in [1.165, 1.54) is 17.5 Å². The van der Waals surface area contributed by atoms with Crippen LogP contribution in [0.5, 0.6) is 5.75 Å². The second-order valence-electron chi connectivity index (χ2n) is 8.05. The number of aryl methyl sites for hydroxylation is 3. The first-order valence-electron chi connectivity index (χ1n) is 10.8. The van der Waals surface area contributed by atoms with E-state index in [4.69, 9.17) is 4.74 Å². The van der Waals surface area contributed by atoms with Crippen molar-refractivity contribution in [3.8, 4) is 17.3 Å². The predicted octanol–water partition coefficient (Wildman–Crippen LogP) is 3.43.